The second-order valence-electron chi connectivity index (χ2n) is 4.90. The molecule has 2 N–H and O–H groups in total. The Morgan fingerprint density at radius 1 is 1.45 bits per heavy atom. The number of hydrogen-bond donors (Lipinski definition) is 2. The number of aryl methyl sites for hydroxylation is 1. The van der Waals surface area contributed by atoms with Gasteiger partial charge in [0.15, 0.2) is 0 Å². The lowest BCUT2D eigenvalue weighted by molar-refractivity contribution is -0.117. The lowest BCUT2D eigenvalue weighted by Crippen LogP contribution is -2.29. The number of carbonyl (C=O) groups is 1. The number of nitrogens with one attached hydrogen (secondary N) is 2. The third-order valence-electron chi connectivity index (χ3n) is 3.09. The van der Waals surface area contributed by atoms with E-state index in [4.69, 9.17) is 10.00 Å². The Bertz CT molecular complexity index is 588. The zero-order valence-corrected chi connectivity index (χ0v) is 13.6. The fraction of sp³-hybridized carbons (Fsp3) is 0.412. The Labute approximate surface area is 132 Å². The van der Waals surface area contributed by atoms with Gasteiger partial charge in [-0.2, -0.15) is 5.26 Å². The van der Waals surface area contributed by atoms with Crippen molar-refractivity contribution in [2.75, 3.05) is 13.2 Å². The summed E-state index contributed by atoms with van der Waals surface area (Å²) >= 11 is 0. The number of ether oxygens (including phenoxy) is 1. The van der Waals surface area contributed by atoms with Crippen LogP contribution in [0.25, 0.3) is 0 Å². The van der Waals surface area contributed by atoms with Crippen LogP contribution in [0.5, 0.6) is 5.75 Å². The van der Waals surface area contributed by atoms with Crippen LogP contribution in [0.2, 0.25) is 0 Å². The molecule has 1 amide bonds. The van der Waals surface area contributed by atoms with Gasteiger partial charge in [-0.15, -0.1) is 0 Å². The molecule has 5 nitrogen and oxygen atoms in total. The maximum atomic E-state index is 12.1. The third kappa shape index (κ3) is 4.81. The predicted molar refractivity (Wildman–Crippen MR) is 86.3 cm³/mol. The summed E-state index contributed by atoms with van der Waals surface area (Å²) in [5, 5.41) is 14.7. The molecule has 1 rings (SSSR count). The number of carbonyl (C=O) groups excluding carboxylic acids is 1. The van der Waals surface area contributed by atoms with E-state index in [-0.39, 0.29) is 11.6 Å². The van der Waals surface area contributed by atoms with Gasteiger partial charge in [-0.05, 0) is 33.8 Å². The standard InChI is InChI=1S/C17H23N3O2/c1-5-19-11-14(10-18)17(21)20-13(4)15-9-12(3)7-8-16(15)22-6-2/h7-9,11,13,19H,5-6H2,1-4H3,(H,20,21)/b14-11-. The number of nitrogens with zero attached hydrogens (tertiary/aromatic N) is 1. The van der Waals surface area contributed by atoms with Gasteiger partial charge in [0.05, 0.1) is 12.6 Å². The summed E-state index contributed by atoms with van der Waals surface area (Å²) in [6, 6.07) is 7.49. The fourth-order valence-electron chi connectivity index (χ4n) is 2.00. The number of nitriles is 1. The van der Waals surface area contributed by atoms with Crippen molar-refractivity contribution in [1.82, 2.24) is 10.6 Å². The summed E-state index contributed by atoms with van der Waals surface area (Å²) in [6.07, 6.45) is 1.43. The number of hydrogen-bond acceptors (Lipinski definition) is 4. The molecule has 0 saturated heterocycles. The van der Waals surface area contributed by atoms with Crippen LogP contribution < -0.4 is 15.4 Å². The van der Waals surface area contributed by atoms with E-state index in [1.807, 2.05) is 52.0 Å². The molecule has 0 aliphatic rings. The van der Waals surface area contributed by atoms with Crippen molar-refractivity contribution >= 4 is 5.91 Å². The lowest BCUT2D eigenvalue weighted by atomic mass is 10.0. The van der Waals surface area contributed by atoms with Crippen LogP contribution in [0.3, 0.4) is 0 Å². The summed E-state index contributed by atoms with van der Waals surface area (Å²) in [7, 11) is 0. The van der Waals surface area contributed by atoms with E-state index in [1.165, 1.54) is 6.20 Å². The highest BCUT2D eigenvalue weighted by molar-refractivity contribution is 5.97. The summed E-state index contributed by atoms with van der Waals surface area (Å²) < 4.78 is 5.60. The van der Waals surface area contributed by atoms with Crippen LogP contribution in [0.1, 0.15) is 37.9 Å². The maximum Gasteiger partial charge on any atom is 0.263 e. The first-order chi connectivity index (χ1) is 10.5. The van der Waals surface area contributed by atoms with E-state index in [1.54, 1.807) is 0 Å². The molecule has 0 fully saturated rings. The fourth-order valence-corrected chi connectivity index (χ4v) is 2.00. The summed E-state index contributed by atoms with van der Waals surface area (Å²) in [5.41, 5.74) is 2.04. The second-order valence-corrected chi connectivity index (χ2v) is 4.90. The summed E-state index contributed by atoms with van der Waals surface area (Å²) in [5.74, 6) is 0.343. The molecule has 0 spiro atoms. The molecule has 1 unspecified atom stereocenters. The van der Waals surface area contributed by atoms with Gasteiger partial charge in [-0.3, -0.25) is 4.79 Å². The summed E-state index contributed by atoms with van der Waals surface area (Å²) in [6.45, 7) is 8.88. The van der Waals surface area contributed by atoms with Gasteiger partial charge in [-0.25, -0.2) is 0 Å². The van der Waals surface area contributed by atoms with E-state index in [0.29, 0.717) is 13.2 Å². The van der Waals surface area contributed by atoms with Gasteiger partial charge >= 0.3 is 0 Å². The molecule has 0 bridgehead atoms. The van der Waals surface area contributed by atoms with Gasteiger partial charge in [0.1, 0.15) is 17.4 Å². The van der Waals surface area contributed by atoms with E-state index in [2.05, 4.69) is 10.6 Å². The maximum absolute atomic E-state index is 12.1. The Balaban J connectivity index is 2.93. The molecule has 118 valence electrons. The molecule has 5 heteroatoms. The minimum atomic E-state index is -0.403. The third-order valence-corrected chi connectivity index (χ3v) is 3.09. The van der Waals surface area contributed by atoms with Crippen LogP contribution >= 0.6 is 0 Å². The van der Waals surface area contributed by atoms with Gasteiger partial charge in [-0.1, -0.05) is 17.7 Å². The molecule has 0 aromatic heterocycles. The average molecular weight is 301 g/mol. The van der Waals surface area contributed by atoms with Crippen molar-refractivity contribution in [3.05, 3.63) is 41.1 Å². The first-order valence-electron chi connectivity index (χ1n) is 7.41. The topological polar surface area (TPSA) is 74.2 Å². The molecule has 1 atom stereocenters. The van der Waals surface area contributed by atoms with Crippen LogP contribution in [-0.2, 0) is 4.79 Å². The predicted octanol–water partition coefficient (Wildman–Crippen LogP) is 2.59. The van der Waals surface area contributed by atoms with Crippen molar-refractivity contribution in [3.63, 3.8) is 0 Å². The van der Waals surface area contributed by atoms with Gasteiger partial charge in [0.25, 0.3) is 5.91 Å². The Kier molecular flexibility index (Phi) is 6.97. The SMILES string of the molecule is CCN/C=C(/C#N)C(=O)NC(C)c1cc(C)ccc1OCC. The van der Waals surface area contributed by atoms with Crippen LogP contribution in [-0.4, -0.2) is 19.1 Å². The normalized spacial score (nSPS) is 12.2. The molecular formula is C17H23N3O2. The number of benzene rings is 1. The van der Waals surface area contributed by atoms with Crippen LogP contribution in [0, 0.1) is 18.3 Å². The molecule has 0 saturated carbocycles. The van der Waals surface area contributed by atoms with Crippen molar-refractivity contribution in [2.45, 2.75) is 33.7 Å². The Morgan fingerprint density at radius 2 is 2.18 bits per heavy atom. The van der Waals surface area contributed by atoms with E-state index >= 15 is 0 Å². The number of rotatable bonds is 7. The molecule has 1 aromatic carbocycles. The van der Waals surface area contributed by atoms with Crippen molar-refractivity contribution in [3.8, 4) is 11.8 Å². The minimum absolute atomic E-state index is 0.0549. The average Bonchev–Trinajstić information content (AvgIpc) is 2.50. The van der Waals surface area contributed by atoms with E-state index < -0.39 is 5.91 Å². The Morgan fingerprint density at radius 3 is 2.77 bits per heavy atom. The molecule has 0 radical (unpaired) electrons. The lowest BCUT2D eigenvalue weighted by Gasteiger charge is -2.18. The molecule has 0 heterocycles. The highest BCUT2D eigenvalue weighted by atomic mass is 16.5. The quantitative estimate of drug-likeness (QED) is 0.599. The first kappa shape index (κ1) is 17.6. The largest absolute Gasteiger partial charge is 0.494 e. The van der Waals surface area contributed by atoms with Crippen molar-refractivity contribution in [1.29, 1.82) is 5.26 Å². The van der Waals surface area contributed by atoms with Crippen molar-refractivity contribution < 1.29 is 9.53 Å². The van der Waals surface area contributed by atoms with Gasteiger partial charge in [0.2, 0.25) is 0 Å². The molecule has 0 aliphatic carbocycles. The van der Waals surface area contributed by atoms with Gasteiger partial charge in [0, 0.05) is 18.3 Å². The smallest absolute Gasteiger partial charge is 0.263 e. The molecular weight excluding hydrogens is 278 g/mol. The monoisotopic (exact) mass is 301 g/mol. The van der Waals surface area contributed by atoms with Crippen molar-refractivity contribution in [2.24, 2.45) is 0 Å². The van der Waals surface area contributed by atoms with Gasteiger partial charge < -0.3 is 15.4 Å². The number of amides is 1. The van der Waals surface area contributed by atoms with Crippen LogP contribution in [0.15, 0.2) is 30.0 Å². The Hall–Kier alpha value is -2.48. The summed E-state index contributed by atoms with van der Waals surface area (Å²) in [4.78, 5) is 12.1. The second kappa shape index (κ2) is 8.73. The molecule has 22 heavy (non-hydrogen) atoms. The minimum Gasteiger partial charge on any atom is -0.494 e. The molecule has 0 aliphatic heterocycles. The zero-order chi connectivity index (χ0) is 16.5. The van der Waals surface area contributed by atoms with E-state index in [0.717, 1.165) is 16.9 Å². The van der Waals surface area contributed by atoms with E-state index in [9.17, 15) is 4.79 Å². The zero-order valence-electron chi connectivity index (χ0n) is 13.6. The molecule has 1 aromatic rings. The van der Waals surface area contributed by atoms with Crippen LogP contribution in [0.4, 0.5) is 0 Å². The highest BCUT2D eigenvalue weighted by Gasteiger charge is 2.17. The first-order valence-corrected chi connectivity index (χ1v) is 7.41. The highest BCUT2D eigenvalue weighted by Crippen LogP contribution is 2.26.